The lowest BCUT2D eigenvalue weighted by Gasteiger charge is -2.36. The van der Waals surface area contributed by atoms with E-state index in [4.69, 9.17) is 4.74 Å². The Bertz CT molecular complexity index is 598. The molecule has 2 N–H and O–H groups in total. The van der Waals surface area contributed by atoms with Crippen LogP contribution in [0.25, 0.3) is 0 Å². The van der Waals surface area contributed by atoms with E-state index in [1.54, 1.807) is 17.9 Å². The second kappa shape index (κ2) is 10.2. The highest BCUT2D eigenvalue weighted by atomic mass is 16.5. The molecule has 6 heteroatoms. The van der Waals surface area contributed by atoms with E-state index >= 15 is 0 Å². The highest BCUT2D eigenvalue weighted by Gasteiger charge is 2.40. The standard InChI is InChI=1S/C22H37N3O3/c1-6-13-22(4,24-20(26)18-14-17(15-23-18)28-8-3)21(27)25(5)19(7-2)16-11-9-10-12-16/h6-7,16-18,23H,1,8-15H2,2-5H3,(H,24,26)/b19-7+/t17-,18+,22-/m1/s1. The maximum atomic E-state index is 13.4. The molecule has 1 saturated heterocycles. The van der Waals surface area contributed by atoms with Crippen LogP contribution in [0.5, 0.6) is 0 Å². The maximum absolute atomic E-state index is 13.4. The Morgan fingerprint density at radius 1 is 1.36 bits per heavy atom. The Balaban J connectivity index is 2.09. The van der Waals surface area contributed by atoms with Crippen molar-refractivity contribution in [1.82, 2.24) is 15.5 Å². The summed E-state index contributed by atoms with van der Waals surface area (Å²) in [4.78, 5) is 28.0. The van der Waals surface area contributed by atoms with Gasteiger partial charge in [-0.3, -0.25) is 9.59 Å². The Labute approximate surface area is 169 Å². The van der Waals surface area contributed by atoms with Crippen molar-refractivity contribution in [2.75, 3.05) is 20.2 Å². The van der Waals surface area contributed by atoms with Crippen LogP contribution in [-0.4, -0.2) is 54.6 Å². The number of hydrogen-bond acceptors (Lipinski definition) is 4. The molecule has 28 heavy (non-hydrogen) atoms. The second-order valence-electron chi connectivity index (χ2n) is 8.15. The van der Waals surface area contributed by atoms with E-state index in [0.717, 1.165) is 18.5 Å². The summed E-state index contributed by atoms with van der Waals surface area (Å²) in [6, 6.07) is -0.338. The lowest BCUT2D eigenvalue weighted by Crippen LogP contribution is -2.59. The van der Waals surface area contributed by atoms with Gasteiger partial charge in [0.25, 0.3) is 5.91 Å². The number of amides is 2. The third-order valence-electron chi connectivity index (χ3n) is 5.99. The molecule has 0 aromatic rings. The predicted molar refractivity (Wildman–Crippen MR) is 112 cm³/mol. The lowest BCUT2D eigenvalue weighted by molar-refractivity contribution is -0.139. The molecule has 2 rings (SSSR count). The van der Waals surface area contributed by atoms with E-state index in [-0.39, 0.29) is 24.0 Å². The van der Waals surface area contributed by atoms with Crippen molar-refractivity contribution in [1.29, 1.82) is 0 Å². The van der Waals surface area contributed by atoms with E-state index in [1.165, 1.54) is 12.8 Å². The number of ether oxygens (including phenoxy) is 1. The largest absolute Gasteiger partial charge is 0.377 e. The van der Waals surface area contributed by atoms with Gasteiger partial charge in [0.15, 0.2) is 0 Å². The molecule has 158 valence electrons. The molecule has 3 atom stereocenters. The molecule has 0 aromatic carbocycles. The zero-order valence-electron chi connectivity index (χ0n) is 17.9. The van der Waals surface area contributed by atoms with Crippen molar-refractivity contribution in [3.05, 3.63) is 24.4 Å². The summed E-state index contributed by atoms with van der Waals surface area (Å²) in [6.45, 7) is 10.8. The topological polar surface area (TPSA) is 70.7 Å². The molecular formula is C22H37N3O3. The van der Waals surface area contributed by atoms with Crippen molar-refractivity contribution >= 4 is 11.8 Å². The van der Waals surface area contributed by atoms with E-state index in [9.17, 15) is 9.59 Å². The van der Waals surface area contributed by atoms with Crippen molar-refractivity contribution in [3.8, 4) is 0 Å². The minimum atomic E-state index is -1.02. The fourth-order valence-electron chi connectivity index (χ4n) is 4.52. The number of nitrogens with zero attached hydrogens (tertiary/aromatic N) is 1. The Hall–Kier alpha value is -1.66. The van der Waals surface area contributed by atoms with Crippen LogP contribution in [0.4, 0.5) is 0 Å². The normalized spacial score (nSPS) is 25.4. The summed E-state index contributed by atoms with van der Waals surface area (Å²) in [6.07, 6.45) is 9.43. The van der Waals surface area contributed by atoms with Crippen LogP contribution in [0.2, 0.25) is 0 Å². The maximum Gasteiger partial charge on any atom is 0.252 e. The zero-order valence-corrected chi connectivity index (χ0v) is 17.9. The molecule has 1 aliphatic carbocycles. The SMILES string of the molecule is C=CC[C@@](C)(NC(=O)[C@@H]1C[C@@H](OCC)CN1)C(=O)N(C)/C(=C/C)C1CCCC1. The van der Waals surface area contributed by atoms with Gasteiger partial charge in [-0.1, -0.05) is 25.0 Å². The van der Waals surface area contributed by atoms with Gasteiger partial charge in [-0.05, 0) is 52.4 Å². The highest BCUT2D eigenvalue weighted by molar-refractivity contribution is 5.93. The van der Waals surface area contributed by atoms with E-state index in [2.05, 4.69) is 17.2 Å². The van der Waals surface area contributed by atoms with Crippen molar-refractivity contribution < 1.29 is 14.3 Å². The molecule has 1 aliphatic heterocycles. The van der Waals surface area contributed by atoms with Gasteiger partial charge in [0, 0.05) is 25.9 Å². The fraction of sp³-hybridized carbons (Fsp3) is 0.727. The smallest absolute Gasteiger partial charge is 0.252 e. The van der Waals surface area contributed by atoms with Gasteiger partial charge in [-0.15, -0.1) is 6.58 Å². The molecule has 0 aromatic heterocycles. The van der Waals surface area contributed by atoms with Crippen molar-refractivity contribution in [3.63, 3.8) is 0 Å². The first-order valence-corrected chi connectivity index (χ1v) is 10.6. The fourth-order valence-corrected chi connectivity index (χ4v) is 4.52. The molecule has 6 nitrogen and oxygen atoms in total. The molecule has 0 unspecified atom stereocenters. The van der Waals surface area contributed by atoms with Crippen LogP contribution in [0.1, 0.15) is 59.3 Å². The van der Waals surface area contributed by atoms with Crippen LogP contribution in [0.15, 0.2) is 24.4 Å². The molecule has 2 amide bonds. The summed E-state index contributed by atoms with van der Waals surface area (Å²) >= 11 is 0. The first-order valence-electron chi connectivity index (χ1n) is 10.6. The van der Waals surface area contributed by atoms with Crippen LogP contribution < -0.4 is 10.6 Å². The average molecular weight is 392 g/mol. The first kappa shape index (κ1) is 22.6. The number of allylic oxidation sites excluding steroid dienone is 2. The monoisotopic (exact) mass is 391 g/mol. The highest BCUT2D eigenvalue weighted by Crippen LogP contribution is 2.33. The number of carbonyl (C=O) groups is 2. The Kier molecular flexibility index (Phi) is 8.25. The van der Waals surface area contributed by atoms with Crippen LogP contribution in [0, 0.1) is 5.92 Å². The summed E-state index contributed by atoms with van der Waals surface area (Å²) in [5.74, 6) is 0.169. The van der Waals surface area contributed by atoms with Crippen molar-refractivity contribution in [2.24, 2.45) is 5.92 Å². The van der Waals surface area contributed by atoms with Gasteiger partial charge >= 0.3 is 0 Å². The van der Waals surface area contributed by atoms with Gasteiger partial charge in [-0.2, -0.15) is 0 Å². The summed E-state index contributed by atoms with van der Waals surface area (Å²) < 4.78 is 5.61. The summed E-state index contributed by atoms with van der Waals surface area (Å²) in [7, 11) is 1.82. The first-order chi connectivity index (χ1) is 13.4. The van der Waals surface area contributed by atoms with Gasteiger partial charge in [0.2, 0.25) is 5.91 Å². The molecule has 1 saturated carbocycles. The number of nitrogens with one attached hydrogen (secondary N) is 2. The minimum absolute atomic E-state index is 0.0433. The zero-order chi connectivity index (χ0) is 20.7. The number of hydrogen-bond donors (Lipinski definition) is 2. The van der Waals surface area contributed by atoms with Crippen LogP contribution in [-0.2, 0) is 14.3 Å². The quantitative estimate of drug-likeness (QED) is 0.593. The van der Waals surface area contributed by atoms with Crippen LogP contribution in [0.3, 0.4) is 0 Å². The van der Waals surface area contributed by atoms with E-state index in [0.29, 0.717) is 31.9 Å². The average Bonchev–Trinajstić information content (AvgIpc) is 3.34. The minimum Gasteiger partial charge on any atom is -0.377 e. The Morgan fingerprint density at radius 3 is 2.61 bits per heavy atom. The van der Waals surface area contributed by atoms with Gasteiger partial charge in [0.1, 0.15) is 5.54 Å². The molecule has 0 radical (unpaired) electrons. The number of rotatable bonds is 9. The third-order valence-corrected chi connectivity index (χ3v) is 5.99. The summed E-state index contributed by atoms with van der Waals surface area (Å²) in [5.41, 5.74) is 0.0358. The summed E-state index contributed by atoms with van der Waals surface area (Å²) in [5, 5.41) is 6.21. The van der Waals surface area contributed by atoms with Gasteiger partial charge < -0.3 is 20.3 Å². The van der Waals surface area contributed by atoms with E-state index in [1.807, 2.05) is 27.0 Å². The predicted octanol–water partition coefficient (Wildman–Crippen LogP) is 2.76. The van der Waals surface area contributed by atoms with Crippen LogP contribution >= 0.6 is 0 Å². The molecule has 2 aliphatic rings. The van der Waals surface area contributed by atoms with Crippen molar-refractivity contribution in [2.45, 2.75) is 77.0 Å². The molecule has 0 bridgehead atoms. The van der Waals surface area contributed by atoms with Gasteiger partial charge in [0.05, 0.1) is 12.1 Å². The molecule has 0 spiro atoms. The molecule has 2 fully saturated rings. The second-order valence-corrected chi connectivity index (χ2v) is 8.15. The van der Waals surface area contributed by atoms with E-state index < -0.39 is 5.54 Å². The Morgan fingerprint density at radius 2 is 2.04 bits per heavy atom. The third kappa shape index (κ3) is 5.23. The lowest BCUT2D eigenvalue weighted by atomic mass is 9.93. The molecule has 1 heterocycles. The molecular weight excluding hydrogens is 354 g/mol. The number of likely N-dealkylation sites (N-methyl/N-ethyl adjacent to an activating group) is 1. The van der Waals surface area contributed by atoms with Gasteiger partial charge in [-0.25, -0.2) is 0 Å². The number of carbonyl (C=O) groups excluding carboxylic acids is 2.